The second-order valence-corrected chi connectivity index (χ2v) is 4.62. The third-order valence-electron chi connectivity index (χ3n) is 2.21. The zero-order valence-corrected chi connectivity index (χ0v) is 10.9. The Labute approximate surface area is 102 Å². The topological polar surface area (TPSA) is 87.7 Å². The number of hydrogen-bond donors (Lipinski definition) is 3. The van der Waals surface area contributed by atoms with Crippen LogP contribution in [0, 0.1) is 0 Å². The van der Waals surface area contributed by atoms with E-state index in [1.165, 1.54) is 0 Å². The minimum atomic E-state index is -0.923. The molecular weight excluding hydrogens is 224 g/mol. The van der Waals surface area contributed by atoms with Crippen LogP contribution in [-0.2, 0) is 9.53 Å². The van der Waals surface area contributed by atoms with Crippen LogP contribution in [0.2, 0.25) is 0 Å². The first kappa shape index (κ1) is 15.7. The van der Waals surface area contributed by atoms with Gasteiger partial charge >= 0.3 is 12.0 Å². The summed E-state index contributed by atoms with van der Waals surface area (Å²) < 4.78 is 4.97. The van der Waals surface area contributed by atoms with Crippen LogP contribution < -0.4 is 10.6 Å². The van der Waals surface area contributed by atoms with Crippen molar-refractivity contribution in [3.8, 4) is 0 Å². The number of aliphatic carboxylic acids is 1. The lowest BCUT2D eigenvalue weighted by molar-refractivity contribution is -0.137. The van der Waals surface area contributed by atoms with Crippen LogP contribution in [0.4, 0.5) is 4.79 Å². The Morgan fingerprint density at radius 3 is 2.41 bits per heavy atom. The van der Waals surface area contributed by atoms with Gasteiger partial charge in [-0.05, 0) is 20.3 Å². The highest BCUT2D eigenvalue weighted by atomic mass is 16.5. The average Bonchev–Trinajstić information content (AvgIpc) is 2.14. The fourth-order valence-corrected chi connectivity index (χ4v) is 1.43. The van der Waals surface area contributed by atoms with Gasteiger partial charge in [-0.15, -0.1) is 0 Å². The summed E-state index contributed by atoms with van der Waals surface area (Å²) in [5.41, 5.74) is -0.486. The number of carbonyl (C=O) groups excluding carboxylic acids is 1. The zero-order chi connectivity index (χ0) is 13.5. The van der Waals surface area contributed by atoms with E-state index >= 15 is 0 Å². The summed E-state index contributed by atoms with van der Waals surface area (Å²) in [7, 11) is 1.56. The second-order valence-electron chi connectivity index (χ2n) is 4.62. The minimum absolute atomic E-state index is 0.0748. The molecule has 100 valence electrons. The van der Waals surface area contributed by atoms with Gasteiger partial charge in [-0.25, -0.2) is 4.79 Å². The normalized spacial score (nSPS) is 12.9. The Morgan fingerprint density at radius 2 is 2.00 bits per heavy atom. The molecule has 0 bridgehead atoms. The molecule has 0 fully saturated rings. The smallest absolute Gasteiger partial charge is 0.315 e. The first-order valence-electron chi connectivity index (χ1n) is 5.60. The Morgan fingerprint density at radius 1 is 1.41 bits per heavy atom. The van der Waals surface area contributed by atoms with Crippen LogP contribution in [0.15, 0.2) is 0 Å². The van der Waals surface area contributed by atoms with Gasteiger partial charge in [-0.1, -0.05) is 6.92 Å². The summed E-state index contributed by atoms with van der Waals surface area (Å²) in [5, 5.41) is 14.0. The molecule has 0 aliphatic heterocycles. The van der Waals surface area contributed by atoms with E-state index in [0.717, 1.165) is 0 Å². The standard InChI is InChI=1S/C11H22N2O4/c1-5-8(6-9(14)15)12-10(16)13-11(2,3)7-17-4/h8H,5-7H2,1-4H3,(H,14,15)(H2,12,13,16). The second kappa shape index (κ2) is 7.11. The molecule has 0 saturated heterocycles. The lowest BCUT2D eigenvalue weighted by Gasteiger charge is -2.26. The van der Waals surface area contributed by atoms with Crippen molar-refractivity contribution < 1.29 is 19.4 Å². The molecular formula is C11H22N2O4. The molecule has 0 aromatic rings. The van der Waals surface area contributed by atoms with E-state index in [1.807, 2.05) is 20.8 Å². The van der Waals surface area contributed by atoms with Gasteiger partial charge in [0.05, 0.1) is 18.6 Å². The molecule has 0 rings (SSSR count). The van der Waals surface area contributed by atoms with E-state index < -0.39 is 11.5 Å². The van der Waals surface area contributed by atoms with Gasteiger partial charge in [-0.2, -0.15) is 0 Å². The lowest BCUT2D eigenvalue weighted by Crippen LogP contribution is -2.53. The molecule has 6 nitrogen and oxygen atoms in total. The zero-order valence-electron chi connectivity index (χ0n) is 10.9. The van der Waals surface area contributed by atoms with E-state index in [-0.39, 0.29) is 18.5 Å². The van der Waals surface area contributed by atoms with Crippen LogP contribution in [0.1, 0.15) is 33.6 Å². The van der Waals surface area contributed by atoms with Crippen LogP contribution >= 0.6 is 0 Å². The number of hydrogen-bond acceptors (Lipinski definition) is 3. The Balaban J connectivity index is 4.19. The highest BCUT2D eigenvalue weighted by Crippen LogP contribution is 2.03. The first-order valence-corrected chi connectivity index (χ1v) is 5.60. The fraction of sp³-hybridized carbons (Fsp3) is 0.818. The quantitative estimate of drug-likeness (QED) is 0.624. The van der Waals surface area contributed by atoms with Crippen LogP contribution in [0.25, 0.3) is 0 Å². The van der Waals surface area contributed by atoms with Crippen molar-refractivity contribution in [2.45, 2.75) is 45.2 Å². The van der Waals surface area contributed by atoms with Gasteiger partial charge in [-0.3, -0.25) is 4.79 Å². The third kappa shape index (κ3) is 7.57. The average molecular weight is 246 g/mol. The molecule has 2 amide bonds. The van der Waals surface area contributed by atoms with E-state index in [4.69, 9.17) is 9.84 Å². The summed E-state index contributed by atoms with van der Waals surface area (Å²) in [5.74, 6) is -0.923. The molecule has 3 N–H and O–H groups in total. The Hall–Kier alpha value is -1.30. The number of carbonyl (C=O) groups is 2. The first-order chi connectivity index (χ1) is 7.80. The Kier molecular flexibility index (Phi) is 6.57. The van der Waals surface area contributed by atoms with Crippen molar-refractivity contribution in [1.82, 2.24) is 10.6 Å². The largest absolute Gasteiger partial charge is 0.481 e. The number of rotatable bonds is 7. The monoisotopic (exact) mass is 246 g/mol. The van der Waals surface area contributed by atoms with Gasteiger partial charge in [0.15, 0.2) is 0 Å². The third-order valence-corrected chi connectivity index (χ3v) is 2.21. The highest BCUT2D eigenvalue weighted by Gasteiger charge is 2.22. The predicted molar refractivity (Wildman–Crippen MR) is 64.0 cm³/mol. The molecule has 0 aliphatic rings. The lowest BCUT2D eigenvalue weighted by atomic mass is 10.1. The van der Waals surface area contributed by atoms with Gasteiger partial charge in [0, 0.05) is 13.2 Å². The molecule has 0 aromatic carbocycles. The summed E-state index contributed by atoms with van der Waals surface area (Å²) in [6, 6.07) is -0.731. The minimum Gasteiger partial charge on any atom is -0.481 e. The number of carboxylic acid groups (broad SMARTS) is 1. The molecule has 0 aliphatic carbocycles. The van der Waals surface area contributed by atoms with Crippen LogP contribution in [0.5, 0.6) is 0 Å². The summed E-state index contributed by atoms with van der Waals surface area (Å²) >= 11 is 0. The maximum absolute atomic E-state index is 11.6. The fourth-order valence-electron chi connectivity index (χ4n) is 1.43. The number of methoxy groups -OCH3 is 1. The van der Waals surface area contributed by atoms with Crippen molar-refractivity contribution in [1.29, 1.82) is 0 Å². The number of amides is 2. The predicted octanol–water partition coefficient (Wildman–Crippen LogP) is 0.964. The van der Waals surface area contributed by atoms with Gasteiger partial charge in [0.1, 0.15) is 0 Å². The van der Waals surface area contributed by atoms with E-state index in [2.05, 4.69) is 10.6 Å². The van der Waals surface area contributed by atoms with Crippen molar-refractivity contribution in [2.24, 2.45) is 0 Å². The summed E-state index contributed by atoms with van der Waals surface area (Å²) in [6.07, 6.45) is 0.499. The molecule has 17 heavy (non-hydrogen) atoms. The number of nitrogens with one attached hydrogen (secondary N) is 2. The number of carboxylic acids is 1. The van der Waals surface area contributed by atoms with Gasteiger partial charge < -0.3 is 20.5 Å². The highest BCUT2D eigenvalue weighted by molar-refractivity contribution is 5.76. The number of urea groups is 1. The Bertz CT molecular complexity index is 266. The molecule has 0 saturated carbocycles. The van der Waals surface area contributed by atoms with E-state index in [0.29, 0.717) is 13.0 Å². The van der Waals surface area contributed by atoms with Gasteiger partial charge in [0.2, 0.25) is 0 Å². The molecule has 6 heteroatoms. The van der Waals surface area contributed by atoms with Crippen molar-refractivity contribution in [3.63, 3.8) is 0 Å². The van der Waals surface area contributed by atoms with Crippen molar-refractivity contribution >= 4 is 12.0 Å². The maximum atomic E-state index is 11.6. The van der Waals surface area contributed by atoms with Crippen LogP contribution in [0.3, 0.4) is 0 Å². The molecule has 0 heterocycles. The maximum Gasteiger partial charge on any atom is 0.315 e. The molecule has 0 radical (unpaired) electrons. The summed E-state index contributed by atoms with van der Waals surface area (Å²) in [4.78, 5) is 22.2. The van der Waals surface area contributed by atoms with Crippen molar-refractivity contribution in [3.05, 3.63) is 0 Å². The van der Waals surface area contributed by atoms with Crippen molar-refractivity contribution in [2.75, 3.05) is 13.7 Å². The SMILES string of the molecule is CCC(CC(=O)O)NC(=O)NC(C)(C)COC. The molecule has 0 aromatic heterocycles. The van der Waals surface area contributed by atoms with Crippen LogP contribution in [-0.4, -0.2) is 42.4 Å². The summed E-state index contributed by atoms with van der Waals surface area (Å²) in [6.45, 7) is 5.87. The molecule has 0 spiro atoms. The van der Waals surface area contributed by atoms with Gasteiger partial charge in [0.25, 0.3) is 0 Å². The van der Waals surface area contributed by atoms with E-state index in [1.54, 1.807) is 7.11 Å². The molecule has 1 atom stereocenters. The molecule has 1 unspecified atom stereocenters. The van der Waals surface area contributed by atoms with E-state index in [9.17, 15) is 9.59 Å². The number of ether oxygens (including phenoxy) is 1.